The molecular weight excluding hydrogens is 308 g/mol. The number of nitrogens with zero attached hydrogens (tertiary/aromatic N) is 1. The average Bonchev–Trinajstić information content (AvgIpc) is 2.47. The van der Waals surface area contributed by atoms with Crippen LogP contribution in [0.25, 0.3) is 0 Å². The Bertz CT molecular complexity index is 742. The Morgan fingerprint density at radius 3 is 1.87 bits per heavy atom. The van der Waals surface area contributed by atoms with E-state index < -0.39 is 29.0 Å². The van der Waals surface area contributed by atoms with Crippen molar-refractivity contribution in [3.63, 3.8) is 0 Å². The number of aliphatic imine (C=N–C) groups is 1. The highest BCUT2D eigenvalue weighted by molar-refractivity contribution is 5.95. The van der Waals surface area contributed by atoms with Gasteiger partial charge in [-0.25, -0.2) is 22.6 Å². The van der Waals surface area contributed by atoms with Crippen molar-refractivity contribution in [3.8, 4) is 0 Å². The van der Waals surface area contributed by atoms with Gasteiger partial charge in [-0.1, -0.05) is 12.1 Å². The molecule has 2 nitrogen and oxygen atoms in total. The number of nitrogens with one attached hydrogen (secondary N) is 1. The van der Waals surface area contributed by atoms with Crippen LogP contribution in [0.15, 0.2) is 53.2 Å². The number of anilines is 1. The molecule has 0 aromatic heterocycles. The number of halogens is 4. The summed E-state index contributed by atoms with van der Waals surface area (Å²) in [6, 6.07) is 6.92. The highest BCUT2D eigenvalue weighted by atomic mass is 19.1. The van der Waals surface area contributed by atoms with Crippen LogP contribution in [0.1, 0.15) is 13.8 Å². The smallest absolute Gasteiger partial charge is 0.151 e. The molecule has 0 aliphatic heterocycles. The van der Waals surface area contributed by atoms with Crippen LogP contribution in [-0.2, 0) is 0 Å². The van der Waals surface area contributed by atoms with Crippen molar-refractivity contribution in [1.29, 1.82) is 0 Å². The molecule has 23 heavy (non-hydrogen) atoms. The van der Waals surface area contributed by atoms with Crippen molar-refractivity contribution in [2.45, 2.75) is 13.8 Å². The number of hydrogen-bond donors (Lipinski definition) is 1. The minimum Gasteiger partial charge on any atom is -0.354 e. The summed E-state index contributed by atoms with van der Waals surface area (Å²) in [6.07, 6.45) is 1.43. The maximum atomic E-state index is 13.5. The molecule has 2 aromatic rings. The van der Waals surface area contributed by atoms with Gasteiger partial charge in [0.25, 0.3) is 0 Å². The Labute approximate surface area is 131 Å². The van der Waals surface area contributed by atoms with Crippen LogP contribution in [0.5, 0.6) is 0 Å². The molecular formula is C17H14F4N2. The lowest BCUT2D eigenvalue weighted by atomic mass is 10.2. The fourth-order valence-corrected chi connectivity index (χ4v) is 1.97. The Morgan fingerprint density at radius 1 is 0.870 bits per heavy atom. The van der Waals surface area contributed by atoms with E-state index in [-0.39, 0.29) is 11.4 Å². The van der Waals surface area contributed by atoms with Crippen molar-refractivity contribution < 1.29 is 17.6 Å². The van der Waals surface area contributed by atoms with Gasteiger partial charge in [0.15, 0.2) is 11.6 Å². The van der Waals surface area contributed by atoms with E-state index in [4.69, 9.17) is 0 Å². The number of para-hydroxylation sites is 2. The van der Waals surface area contributed by atoms with E-state index in [2.05, 4.69) is 10.3 Å². The summed E-state index contributed by atoms with van der Waals surface area (Å²) in [5.41, 5.74) is -0.0695. The molecule has 2 rings (SSSR count). The number of benzene rings is 2. The molecule has 0 fully saturated rings. The van der Waals surface area contributed by atoms with E-state index in [1.807, 2.05) is 0 Å². The SMILES string of the molecule is CC(/C=C(\C)Nc1c(F)cccc1F)=Nc1c(F)cccc1F. The van der Waals surface area contributed by atoms with Crippen LogP contribution < -0.4 is 5.32 Å². The van der Waals surface area contributed by atoms with Crippen molar-refractivity contribution >= 4 is 17.1 Å². The molecule has 0 spiro atoms. The van der Waals surface area contributed by atoms with Gasteiger partial charge >= 0.3 is 0 Å². The first-order chi connectivity index (χ1) is 10.9. The van der Waals surface area contributed by atoms with Gasteiger partial charge in [0.05, 0.1) is 0 Å². The minimum atomic E-state index is -0.788. The van der Waals surface area contributed by atoms with Crippen molar-refractivity contribution in [2.24, 2.45) is 4.99 Å². The van der Waals surface area contributed by atoms with E-state index >= 15 is 0 Å². The zero-order valence-corrected chi connectivity index (χ0v) is 12.5. The van der Waals surface area contributed by atoms with Crippen LogP contribution >= 0.6 is 0 Å². The molecule has 120 valence electrons. The van der Waals surface area contributed by atoms with Crippen molar-refractivity contribution in [1.82, 2.24) is 0 Å². The van der Waals surface area contributed by atoms with Gasteiger partial charge < -0.3 is 5.32 Å². The van der Waals surface area contributed by atoms with E-state index in [9.17, 15) is 17.6 Å². The molecule has 6 heteroatoms. The summed E-state index contributed by atoms with van der Waals surface area (Å²) in [5, 5.41) is 2.57. The summed E-state index contributed by atoms with van der Waals surface area (Å²) >= 11 is 0. The van der Waals surface area contributed by atoms with Crippen LogP contribution in [0.3, 0.4) is 0 Å². The molecule has 0 atom stereocenters. The monoisotopic (exact) mass is 322 g/mol. The summed E-state index contributed by atoms with van der Waals surface area (Å²) in [6.45, 7) is 3.08. The molecule has 0 saturated carbocycles. The Balaban J connectivity index is 2.25. The van der Waals surface area contributed by atoms with Gasteiger partial charge in [0.2, 0.25) is 0 Å². The molecule has 0 aliphatic rings. The van der Waals surface area contributed by atoms with Gasteiger partial charge in [0, 0.05) is 11.4 Å². The summed E-state index contributed by atoms with van der Waals surface area (Å²) < 4.78 is 54.1. The molecule has 0 saturated heterocycles. The van der Waals surface area contributed by atoms with Gasteiger partial charge in [-0.2, -0.15) is 0 Å². The van der Waals surface area contributed by atoms with Crippen LogP contribution in [0, 0.1) is 23.3 Å². The zero-order chi connectivity index (χ0) is 17.0. The first-order valence-electron chi connectivity index (χ1n) is 6.77. The first kappa shape index (κ1) is 16.7. The largest absolute Gasteiger partial charge is 0.354 e. The van der Waals surface area contributed by atoms with Crippen LogP contribution in [0.4, 0.5) is 28.9 Å². The first-order valence-corrected chi connectivity index (χ1v) is 6.77. The third-order valence-corrected chi connectivity index (χ3v) is 2.94. The molecule has 1 N–H and O–H groups in total. The molecule has 0 aliphatic carbocycles. The van der Waals surface area contributed by atoms with E-state index in [0.29, 0.717) is 5.70 Å². The maximum absolute atomic E-state index is 13.5. The number of allylic oxidation sites excluding steroid dienone is 2. The second kappa shape index (κ2) is 7.09. The maximum Gasteiger partial charge on any atom is 0.151 e. The normalized spacial score (nSPS) is 12.4. The second-order valence-corrected chi connectivity index (χ2v) is 4.87. The third-order valence-electron chi connectivity index (χ3n) is 2.94. The fourth-order valence-electron chi connectivity index (χ4n) is 1.97. The predicted molar refractivity (Wildman–Crippen MR) is 82.9 cm³/mol. The van der Waals surface area contributed by atoms with Gasteiger partial charge in [0.1, 0.15) is 23.0 Å². The van der Waals surface area contributed by atoms with Gasteiger partial charge in [-0.15, -0.1) is 0 Å². The summed E-state index contributed by atoms with van der Waals surface area (Å²) in [7, 11) is 0. The third kappa shape index (κ3) is 4.18. The van der Waals surface area contributed by atoms with Crippen LogP contribution in [-0.4, -0.2) is 5.71 Å². The number of rotatable bonds is 4. The standard InChI is InChI=1S/C17H14F4N2/c1-10(22-16-12(18)5-3-6-13(16)19)9-11(2)23-17-14(20)7-4-8-15(17)21/h3-9,22H,1-2H3/b10-9+,23-11?. The second-order valence-electron chi connectivity index (χ2n) is 4.87. The highest BCUT2D eigenvalue weighted by Crippen LogP contribution is 2.23. The van der Waals surface area contributed by atoms with Gasteiger partial charge in [-0.05, 0) is 44.2 Å². The molecule has 0 unspecified atom stereocenters. The van der Waals surface area contributed by atoms with Crippen molar-refractivity contribution in [3.05, 3.63) is 71.4 Å². The predicted octanol–water partition coefficient (Wildman–Crippen LogP) is 5.35. The molecule has 0 bridgehead atoms. The lowest BCUT2D eigenvalue weighted by molar-refractivity contribution is 0.587. The Kier molecular flexibility index (Phi) is 5.16. The average molecular weight is 322 g/mol. The zero-order valence-electron chi connectivity index (χ0n) is 12.5. The molecule has 0 radical (unpaired) electrons. The minimum absolute atomic E-state index is 0.274. The van der Waals surface area contributed by atoms with Crippen LogP contribution in [0.2, 0.25) is 0 Å². The lowest BCUT2D eigenvalue weighted by Gasteiger charge is -2.09. The van der Waals surface area contributed by atoms with E-state index in [0.717, 1.165) is 24.3 Å². The summed E-state index contributed by atoms with van der Waals surface area (Å²) in [4.78, 5) is 3.85. The Hall–Kier alpha value is -2.63. The topological polar surface area (TPSA) is 24.4 Å². The quantitative estimate of drug-likeness (QED) is 0.595. The summed E-state index contributed by atoms with van der Waals surface area (Å²) in [5.74, 6) is -3.06. The van der Waals surface area contributed by atoms with Gasteiger partial charge in [-0.3, -0.25) is 0 Å². The fraction of sp³-hybridized carbons (Fsp3) is 0.118. The highest BCUT2D eigenvalue weighted by Gasteiger charge is 2.09. The molecule has 2 aromatic carbocycles. The van der Waals surface area contributed by atoms with E-state index in [1.165, 1.54) is 25.1 Å². The van der Waals surface area contributed by atoms with E-state index in [1.54, 1.807) is 6.92 Å². The molecule has 0 heterocycles. The molecule has 0 amide bonds. The Morgan fingerprint density at radius 2 is 1.35 bits per heavy atom. The lowest BCUT2D eigenvalue weighted by Crippen LogP contribution is -2.03. The van der Waals surface area contributed by atoms with Crippen molar-refractivity contribution in [2.75, 3.05) is 5.32 Å². The number of hydrogen-bond acceptors (Lipinski definition) is 2.